The number of aromatic nitrogens is 1. The van der Waals surface area contributed by atoms with Crippen molar-refractivity contribution in [1.29, 1.82) is 0 Å². The molecule has 1 aromatic heterocycles. The number of rotatable bonds is 2. The van der Waals surface area contributed by atoms with Crippen LogP contribution in [0.25, 0.3) is 0 Å². The summed E-state index contributed by atoms with van der Waals surface area (Å²) in [6.07, 6.45) is 2.01. The minimum Gasteiger partial charge on any atom is -0.618 e. The molecular formula is C16H16ClNO2. The normalized spacial score (nSPS) is 17.1. The lowest BCUT2D eigenvalue weighted by molar-refractivity contribution is -0.618. The van der Waals surface area contributed by atoms with Crippen molar-refractivity contribution in [1.82, 2.24) is 0 Å². The van der Waals surface area contributed by atoms with Gasteiger partial charge in [-0.15, -0.1) is 0 Å². The van der Waals surface area contributed by atoms with E-state index in [1.807, 2.05) is 30.3 Å². The lowest BCUT2D eigenvalue weighted by atomic mass is 10.0. The van der Waals surface area contributed by atoms with Gasteiger partial charge in [-0.1, -0.05) is 31.5 Å². The fourth-order valence-electron chi connectivity index (χ4n) is 2.49. The number of nitrogens with zero attached hydrogens (tertiary/aromatic N) is 1. The van der Waals surface area contributed by atoms with Crippen LogP contribution < -0.4 is 9.47 Å². The van der Waals surface area contributed by atoms with Gasteiger partial charge in [-0.2, -0.15) is 4.73 Å². The first-order valence-electron chi connectivity index (χ1n) is 6.73. The average Bonchev–Trinajstić information content (AvgIpc) is 2.83. The molecule has 0 N–H and O–H groups in total. The summed E-state index contributed by atoms with van der Waals surface area (Å²) in [7, 11) is 0. The molecule has 4 heteroatoms. The van der Waals surface area contributed by atoms with Gasteiger partial charge in [0.2, 0.25) is 5.69 Å². The highest BCUT2D eigenvalue weighted by Crippen LogP contribution is 2.39. The topological polar surface area (TPSA) is 36.2 Å². The molecule has 3 rings (SSSR count). The van der Waals surface area contributed by atoms with Crippen molar-refractivity contribution in [2.75, 3.05) is 0 Å². The first kappa shape index (κ1) is 13.3. The van der Waals surface area contributed by atoms with Gasteiger partial charge in [0.25, 0.3) is 0 Å². The van der Waals surface area contributed by atoms with Crippen LogP contribution in [0.2, 0.25) is 5.02 Å². The second-order valence-corrected chi connectivity index (χ2v) is 5.80. The van der Waals surface area contributed by atoms with Crippen LogP contribution >= 0.6 is 11.6 Å². The van der Waals surface area contributed by atoms with Gasteiger partial charge in [-0.3, -0.25) is 0 Å². The molecular weight excluding hydrogens is 274 g/mol. The molecule has 0 aliphatic carbocycles. The Morgan fingerprint density at radius 3 is 2.75 bits per heavy atom. The van der Waals surface area contributed by atoms with Gasteiger partial charge in [0, 0.05) is 28.6 Å². The molecule has 0 saturated carbocycles. The van der Waals surface area contributed by atoms with Gasteiger partial charge < -0.3 is 9.94 Å². The molecule has 2 heterocycles. The Bertz CT molecular complexity index is 655. The van der Waals surface area contributed by atoms with E-state index in [0.717, 1.165) is 21.6 Å². The largest absolute Gasteiger partial charge is 0.618 e. The Morgan fingerprint density at radius 1 is 1.30 bits per heavy atom. The fraction of sp³-hybridized carbons (Fsp3) is 0.312. The first-order chi connectivity index (χ1) is 9.56. The molecule has 0 radical (unpaired) electrons. The Kier molecular flexibility index (Phi) is 3.30. The summed E-state index contributed by atoms with van der Waals surface area (Å²) in [5.74, 6) is 1.11. The van der Waals surface area contributed by atoms with Crippen LogP contribution in [0.15, 0.2) is 36.5 Å². The lowest BCUT2D eigenvalue weighted by Gasteiger charge is -2.13. The molecule has 0 amide bonds. The van der Waals surface area contributed by atoms with Crippen molar-refractivity contribution in [2.45, 2.75) is 32.3 Å². The van der Waals surface area contributed by atoms with Gasteiger partial charge >= 0.3 is 0 Å². The molecule has 1 aromatic carbocycles. The highest BCUT2D eigenvalue weighted by atomic mass is 35.5. The van der Waals surface area contributed by atoms with Gasteiger partial charge in [0.15, 0.2) is 12.3 Å². The summed E-state index contributed by atoms with van der Waals surface area (Å²) in [5, 5.41) is 12.9. The summed E-state index contributed by atoms with van der Waals surface area (Å²) in [6, 6.07) is 9.43. The van der Waals surface area contributed by atoms with Crippen molar-refractivity contribution in [3.05, 3.63) is 63.6 Å². The highest BCUT2D eigenvalue weighted by molar-refractivity contribution is 6.31. The summed E-state index contributed by atoms with van der Waals surface area (Å²) >= 11 is 6.16. The van der Waals surface area contributed by atoms with Gasteiger partial charge in [0.1, 0.15) is 5.75 Å². The molecule has 0 bridgehead atoms. The zero-order valence-electron chi connectivity index (χ0n) is 11.5. The lowest BCUT2D eigenvalue weighted by Crippen LogP contribution is -2.35. The van der Waals surface area contributed by atoms with Crippen molar-refractivity contribution in [2.24, 2.45) is 0 Å². The van der Waals surface area contributed by atoms with Gasteiger partial charge in [-0.05, 0) is 24.1 Å². The summed E-state index contributed by atoms with van der Waals surface area (Å²) in [4.78, 5) is 0. The summed E-state index contributed by atoms with van der Waals surface area (Å²) < 4.78 is 6.77. The highest BCUT2D eigenvalue weighted by Gasteiger charge is 2.31. The molecule has 104 valence electrons. The first-order valence-corrected chi connectivity index (χ1v) is 7.11. The Balaban J connectivity index is 1.91. The van der Waals surface area contributed by atoms with E-state index in [1.54, 1.807) is 6.20 Å². The molecule has 3 nitrogen and oxygen atoms in total. The second-order valence-electron chi connectivity index (χ2n) is 5.39. The molecule has 2 aromatic rings. The van der Waals surface area contributed by atoms with Crippen LogP contribution in [0, 0.1) is 5.21 Å². The zero-order chi connectivity index (χ0) is 14.3. The molecule has 0 spiro atoms. The zero-order valence-corrected chi connectivity index (χ0v) is 12.2. The third-order valence-electron chi connectivity index (χ3n) is 3.70. The summed E-state index contributed by atoms with van der Waals surface area (Å²) in [6.45, 7) is 4.13. The van der Waals surface area contributed by atoms with E-state index in [9.17, 15) is 5.21 Å². The van der Waals surface area contributed by atoms with Crippen LogP contribution in [-0.4, -0.2) is 0 Å². The molecule has 0 saturated heterocycles. The third-order valence-corrected chi connectivity index (χ3v) is 4.05. The molecule has 1 unspecified atom stereocenters. The van der Waals surface area contributed by atoms with Crippen molar-refractivity contribution in [3.63, 3.8) is 0 Å². The minimum absolute atomic E-state index is 0.261. The average molecular weight is 290 g/mol. The van der Waals surface area contributed by atoms with E-state index in [1.165, 1.54) is 0 Å². The molecule has 0 fully saturated rings. The maximum absolute atomic E-state index is 12.2. The maximum Gasteiger partial charge on any atom is 0.233 e. The maximum atomic E-state index is 12.2. The minimum atomic E-state index is -0.261. The second kappa shape index (κ2) is 4.98. The summed E-state index contributed by atoms with van der Waals surface area (Å²) in [5.41, 5.74) is 2.63. The number of hydrogen-bond acceptors (Lipinski definition) is 2. The van der Waals surface area contributed by atoms with E-state index in [2.05, 4.69) is 13.8 Å². The van der Waals surface area contributed by atoms with Crippen molar-refractivity contribution >= 4 is 11.6 Å². The van der Waals surface area contributed by atoms with Crippen LogP contribution in [0.4, 0.5) is 0 Å². The SMILES string of the molecule is CC(C)c1ccc(C2Cc3c(Cl)cccc3O2)[n+]([O-])c1. The standard InChI is InChI=1S/C16H16ClNO2/c1-10(2)11-6-7-14(18(19)9-11)16-8-12-13(17)4-3-5-15(12)20-16/h3-7,9-10,16H,8H2,1-2H3. The molecule has 20 heavy (non-hydrogen) atoms. The third kappa shape index (κ3) is 2.22. The van der Waals surface area contributed by atoms with E-state index in [0.29, 0.717) is 23.1 Å². The smallest absolute Gasteiger partial charge is 0.233 e. The quantitative estimate of drug-likeness (QED) is 0.623. The number of fused-ring (bicyclic) bond motifs is 1. The molecule has 1 aliphatic rings. The predicted octanol–water partition coefficient (Wildman–Crippen LogP) is 3.77. The number of benzene rings is 1. The van der Waals surface area contributed by atoms with Crippen LogP contribution in [0.5, 0.6) is 5.75 Å². The van der Waals surface area contributed by atoms with E-state index >= 15 is 0 Å². The Labute approximate surface area is 123 Å². The number of pyridine rings is 1. The van der Waals surface area contributed by atoms with Gasteiger partial charge in [0.05, 0.1) is 0 Å². The number of ether oxygens (including phenoxy) is 1. The Hall–Kier alpha value is -1.74. The Morgan fingerprint density at radius 2 is 2.10 bits per heavy atom. The van der Waals surface area contributed by atoms with E-state index < -0.39 is 0 Å². The fourth-order valence-corrected chi connectivity index (χ4v) is 2.73. The van der Waals surface area contributed by atoms with Crippen LogP contribution in [-0.2, 0) is 6.42 Å². The van der Waals surface area contributed by atoms with E-state index in [4.69, 9.17) is 16.3 Å². The van der Waals surface area contributed by atoms with E-state index in [-0.39, 0.29) is 6.10 Å². The molecule has 1 atom stereocenters. The van der Waals surface area contributed by atoms with Gasteiger partial charge in [-0.25, -0.2) is 0 Å². The van der Waals surface area contributed by atoms with Crippen molar-refractivity contribution in [3.8, 4) is 5.75 Å². The number of halogens is 1. The molecule has 1 aliphatic heterocycles. The monoisotopic (exact) mass is 289 g/mol. The van der Waals surface area contributed by atoms with Crippen LogP contribution in [0.3, 0.4) is 0 Å². The van der Waals surface area contributed by atoms with Crippen LogP contribution in [0.1, 0.15) is 42.7 Å². The van der Waals surface area contributed by atoms with Crippen molar-refractivity contribution < 1.29 is 9.47 Å². The predicted molar refractivity (Wildman–Crippen MR) is 78.0 cm³/mol. The number of hydrogen-bond donors (Lipinski definition) is 0.